The number of benzene rings is 1. The molecule has 0 unspecified atom stereocenters. The number of hydrogen-bond acceptors (Lipinski definition) is 3. The molecule has 0 aromatic heterocycles. The first-order valence-corrected chi connectivity index (χ1v) is 5.66. The molecule has 0 aliphatic carbocycles. The first kappa shape index (κ1) is 13.0. The summed E-state index contributed by atoms with van der Waals surface area (Å²) < 4.78 is 10.5. The monoisotopic (exact) mass is 223 g/mol. The molecule has 0 saturated carbocycles. The summed E-state index contributed by atoms with van der Waals surface area (Å²) in [5.74, 6) is 0.955. The Labute approximate surface area is 97.6 Å². The van der Waals surface area contributed by atoms with Crippen molar-refractivity contribution in [2.45, 2.75) is 25.9 Å². The molecule has 90 valence electrons. The van der Waals surface area contributed by atoms with Gasteiger partial charge in [-0.1, -0.05) is 6.07 Å². The summed E-state index contributed by atoms with van der Waals surface area (Å²) in [6.45, 7) is 1.40. The number of unbranched alkanes of at least 4 members (excludes halogenated alkanes) is 1. The number of hydrogen-bond donors (Lipinski definition) is 1. The Morgan fingerprint density at radius 3 is 2.62 bits per heavy atom. The Kier molecular flexibility index (Phi) is 5.90. The van der Waals surface area contributed by atoms with Crippen LogP contribution >= 0.6 is 0 Å². The fraction of sp³-hybridized carbons (Fsp3) is 0.538. The topological polar surface area (TPSA) is 44.5 Å². The van der Waals surface area contributed by atoms with E-state index >= 15 is 0 Å². The highest BCUT2D eigenvalue weighted by Crippen LogP contribution is 2.22. The zero-order valence-corrected chi connectivity index (χ0v) is 10.2. The van der Waals surface area contributed by atoms with Gasteiger partial charge >= 0.3 is 0 Å². The summed E-state index contributed by atoms with van der Waals surface area (Å²) in [5, 5.41) is 0. The van der Waals surface area contributed by atoms with Crippen LogP contribution in [0.5, 0.6) is 5.75 Å². The summed E-state index contributed by atoms with van der Waals surface area (Å²) in [4.78, 5) is 0. The molecule has 1 aromatic rings. The predicted molar refractivity (Wildman–Crippen MR) is 65.7 cm³/mol. The molecule has 1 rings (SSSR count). The van der Waals surface area contributed by atoms with E-state index in [9.17, 15) is 0 Å². The maximum Gasteiger partial charge on any atom is 0.122 e. The molecule has 0 fully saturated rings. The molecule has 2 N–H and O–H groups in total. The van der Waals surface area contributed by atoms with E-state index in [0.29, 0.717) is 6.61 Å². The molecule has 0 radical (unpaired) electrons. The first-order valence-electron chi connectivity index (χ1n) is 5.66. The van der Waals surface area contributed by atoms with Crippen molar-refractivity contribution in [1.29, 1.82) is 0 Å². The molecule has 16 heavy (non-hydrogen) atoms. The Hall–Kier alpha value is -1.06. The molecule has 0 saturated heterocycles. The third-order valence-corrected chi connectivity index (χ3v) is 2.56. The first-order chi connectivity index (χ1) is 7.81. The van der Waals surface area contributed by atoms with Gasteiger partial charge in [0.1, 0.15) is 5.75 Å². The van der Waals surface area contributed by atoms with Gasteiger partial charge in [0, 0.05) is 7.11 Å². The average Bonchev–Trinajstić information content (AvgIpc) is 2.30. The van der Waals surface area contributed by atoms with Gasteiger partial charge in [-0.2, -0.15) is 0 Å². The number of nitrogens with two attached hydrogens (primary N) is 1. The van der Waals surface area contributed by atoms with Crippen LogP contribution in [-0.4, -0.2) is 20.8 Å². The highest BCUT2D eigenvalue weighted by atomic mass is 16.5. The van der Waals surface area contributed by atoms with Gasteiger partial charge < -0.3 is 15.2 Å². The molecule has 0 heterocycles. The lowest BCUT2D eigenvalue weighted by molar-refractivity contribution is 0.184. The van der Waals surface area contributed by atoms with Crippen molar-refractivity contribution in [3.05, 3.63) is 29.3 Å². The second-order valence-corrected chi connectivity index (χ2v) is 3.82. The molecule has 0 aliphatic heterocycles. The Morgan fingerprint density at radius 2 is 2.00 bits per heavy atom. The summed E-state index contributed by atoms with van der Waals surface area (Å²) in [7, 11) is 3.41. The fourth-order valence-corrected chi connectivity index (χ4v) is 1.74. The standard InChI is InChI=1S/C13H21NO2/c1-15-10-11-6-7-13(16-2)12(9-11)5-3-4-8-14/h6-7,9H,3-5,8,10,14H2,1-2H3. The van der Waals surface area contributed by atoms with E-state index in [1.54, 1.807) is 14.2 Å². The molecular weight excluding hydrogens is 202 g/mol. The van der Waals surface area contributed by atoms with E-state index in [2.05, 4.69) is 6.07 Å². The van der Waals surface area contributed by atoms with Crippen LogP contribution in [-0.2, 0) is 17.8 Å². The maximum atomic E-state index is 5.49. The molecule has 1 aromatic carbocycles. The molecule has 0 spiro atoms. The van der Waals surface area contributed by atoms with Crippen LogP contribution in [0.1, 0.15) is 24.0 Å². The lowest BCUT2D eigenvalue weighted by Gasteiger charge is -2.10. The van der Waals surface area contributed by atoms with Crippen molar-refractivity contribution >= 4 is 0 Å². The average molecular weight is 223 g/mol. The zero-order chi connectivity index (χ0) is 11.8. The van der Waals surface area contributed by atoms with Gasteiger partial charge in [0.2, 0.25) is 0 Å². The van der Waals surface area contributed by atoms with Gasteiger partial charge in [-0.05, 0) is 49.1 Å². The molecule has 0 amide bonds. The van der Waals surface area contributed by atoms with Gasteiger partial charge in [0.15, 0.2) is 0 Å². The molecule has 3 heteroatoms. The number of aryl methyl sites for hydroxylation is 1. The van der Waals surface area contributed by atoms with E-state index < -0.39 is 0 Å². The predicted octanol–water partition coefficient (Wildman–Crippen LogP) is 2.12. The van der Waals surface area contributed by atoms with E-state index in [1.807, 2.05) is 12.1 Å². The van der Waals surface area contributed by atoms with Crippen LogP contribution in [0.15, 0.2) is 18.2 Å². The minimum atomic E-state index is 0.647. The molecule has 0 aliphatic rings. The van der Waals surface area contributed by atoms with Crippen LogP contribution in [0.4, 0.5) is 0 Å². The van der Waals surface area contributed by atoms with E-state index in [4.69, 9.17) is 15.2 Å². The van der Waals surface area contributed by atoms with E-state index in [-0.39, 0.29) is 0 Å². The van der Waals surface area contributed by atoms with Gasteiger partial charge in [-0.3, -0.25) is 0 Å². The number of methoxy groups -OCH3 is 2. The molecule has 0 bridgehead atoms. The quantitative estimate of drug-likeness (QED) is 0.720. The summed E-state index contributed by atoms with van der Waals surface area (Å²) >= 11 is 0. The fourth-order valence-electron chi connectivity index (χ4n) is 1.74. The lowest BCUT2D eigenvalue weighted by Crippen LogP contribution is -2.00. The minimum Gasteiger partial charge on any atom is -0.496 e. The minimum absolute atomic E-state index is 0.647. The Bertz CT molecular complexity index is 313. The number of ether oxygens (including phenoxy) is 2. The second-order valence-electron chi connectivity index (χ2n) is 3.82. The Morgan fingerprint density at radius 1 is 1.19 bits per heavy atom. The van der Waals surface area contributed by atoms with E-state index in [0.717, 1.165) is 31.6 Å². The van der Waals surface area contributed by atoms with Gasteiger partial charge in [0.25, 0.3) is 0 Å². The lowest BCUT2D eigenvalue weighted by atomic mass is 10.0. The third kappa shape index (κ3) is 3.83. The molecule has 3 nitrogen and oxygen atoms in total. The van der Waals surface area contributed by atoms with Crippen molar-refractivity contribution in [3.8, 4) is 5.75 Å². The van der Waals surface area contributed by atoms with Crippen molar-refractivity contribution in [2.24, 2.45) is 5.73 Å². The SMILES string of the molecule is COCc1ccc(OC)c(CCCCN)c1. The zero-order valence-electron chi connectivity index (χ0n) is 10.2. The van der Waals surface area contributed by atoms with Crippen LogP contribution in [0.2, 0.25) is 0 Å². The summed E-state index contributed by atoms with van der Waals surface area (Å²) in [6, 6.07) is 6.19. The van der Waals surface area contributed by atoms with Crippen molar-refractivity contribution in [1.82, 2.24) is 0 Å². The highest BCUT2D eigenvalue weighted by molar-refractivity contribution is 5.37. The number of rotatable bonds is 7. The molecule has 0 atom stereocenters. The second kappa shape index (κ2) is 7.25. The van der Waals surface area contributed by atoms with Gasteiger partial charge in [-0.15, -0.1) is 0 Å². The highest BCUT2D eigenvalue weighted by Gasteiger charge is 2.04. The van der Waals surface area contributed by atoms with E-state index in [1.165, 1.54) is 11.1 Å². The van der Waals surface area contributed by atoms with Crippen molar-refractivity contribution in [3.63, 3.8) is 0 Å². The van der Waals surface area contributed by atoms with Crippen LogP contribution < -0.4 is 10.5 Å². The summed E-state index contributed by atoms with van der Waals surface area (Å²) in [5.41, 5.74) is 7.92. The van der Waals surface area contributed by atoms with Gasteiger partial charge in [0.05, 0.1) is 13.7 Å². The van der Waals surface area contributed by atoms with Crippen molar-refractivity contribution in [2.75, 3.05) is 20.8 Å². The largest absolute Gasteiger partial charge is 0.496 e. The summed E-state index contributed by atoms with van der Waals surface area (Å²) in [6.07, 6.45) is 3.17. The third-order valence-electron chi connectivity index (χ3n) is 2.56. The Balaban J connectivity index is 2.72. The van der Waals surface area contributed by atoms with Gasteiger partial charge in [-0.25, -0.2) is 0 Å². The van der Waals surface area contributed by atoms with Crippen molar-refractivity contribution < 1.29 is 9.47 Å². The normalized spacial score (nSPS) is 10.4. The molecular formula is C13H21NO2. The van der Waals surface area contributed by atoms with Crippen LogP contribution in [0.25, 0.3) is 0 Å². The van der Waals surface area contributed by atoms with Crippen LogP contribution in [0, 0.1) is 0 Å². The maximum absolute atomic E-state index is 5.49. The smallest absolute Gasteiger partial charge is 0.122 e. The van der Waals surface area contributed by atoms with Crippen LogP contribution in [0.3, 0.4) is 0 Å².